The van der Waals surface area contributed by atoms with Gasteiger partial charge in [-0.25, -0.2) is 17.8 Å². The second-order valence-corrected chi connectivity index (χ2v) is 10.6. The predicted octanol–water partition coefficient (Wildman–Crippen LogP) is 4.62. The molecule has 0 atom stereocenters. The van der Waals surface area contributed by atoms with Gasteiger partial charge < -0.3 is 4.57 Å². The van der Waals surface area contributed by atoms with Gasteiger partial charge in [0.2, 0.25) is 10.0 Å². The fraction of sp³-hybridized carbons (Fsp3) is 0.650. The Morgan fingerprint density at radius 1 is 1.22 bits per heavy atom. The number of imidazole rings is 1. The first kappa shape index (κ1) is 20.1. The highest BCUT2D eigenvalue weighted by atomic mass is 32.2. The number of benzene rings is 1. The van der Waals surface area contributed by atoms with E-state index in [2.05, 4.69) is 30.1 Å². The molecule has 1 fully saturated rings. The number of hydrogen-bond donors (Lipinski definition) is 1. The molecule has 1 aliphatic rings. The van der Waals surface area contributed by atoms with Crippen molar-refractivity contribution < 1.29 is 12.8 Å². The number of aromatic nitrogens is 2. The molecule has 1 aromatic carbocycles. The number of alkyl halides is 1. The van der Waals surface area contributed by atoms with Gasteiger partial charge in [0.05, 0.1) is 22.5 Å². The smallest absolute Gasteiger partial charge is 0.232 e. The summed E-state index contributed by atoms with van der Waals surface area (Å²) in [5.41, 5.74) is 2.18. The molecule has 0 spiro atoms. The van der Waals surface area contributed by atoms with Gasteiger partial charge in [-0.15, -0.1) is 0 Å². The fourth-order valence-electron chi connectivity index (χ4n) is 3.76. The number of rotatable bonds is 5. The van der Waals surface area contributed by atoms with Gasteiger partial charge in [0.1, 0.15) is 12.0 Å². The second-order valence-electron chi connectivity index (χ2n) is 8.62. The number of sulfonamides is 1. The maximum absolute atomic E-state index is 13.5. The number of fused-ring (bicyclic) bond motifs is 1. The third-order valence-corrected chi connectivity index (χ3v) is 6.60. The molecule has 1 heterocycles. The third kappa shape index (κ3) is 4.62. The number of halogens is 1. The molecular formula is C20H30FN3O2S. The SMILES string of the molecule is CCS(=O)(=O)Nc1ccc2c(c1)nc(C(C)(C)C)n2CC1CCC(F)CC1. The van der Waals surface area contributed by atoms with Crippen LogP contribution in [-0.4, -0.2) is 29.9 Å². The van der Waals surface area contributed by atoms with Crippen LogP contribution in [-0.2, 0) is 22.0 Å². The van der Waals surface area contributed by atoms with Gasteiger partial charge >= 0.3 is 0 Å². The summed E-state index contributed by atoms with van der Waals surface area (Å²) < 4.78 is 42.0. The molecule has 27 heavy (non-hydrogen) atoms. The van der Waals surface area contributed by atoms with Crippen molar-refractivity contribution in [2.24, 2.45) is 5.92 Å². The Kier molecular flexibility index (Phi) is 5.52. The van der Waals surface area contributed by atoms with Crippen molar-refractivity contribution in [1.82, 2.24) is 9.55 Å². The molecule has 0 amide bonds. The Hall–Kier alpha value is -1.63. The van der Waals surface area contributed by atoms with Gasteiger partial charge in [-0.2, -0.15) is 0 Å². The molecule has 0 radical (unpaired) electrons. The quantitative estimate of drug-likeness (QED) is 0.803. The molecular weight excluding hydrogens is 365 g/mol. The van der Waals surface area contributed by atoms with Crippen LogP contribution in [0.3, 0.4) is 0 Å². The zero-order valence-corrected chi connectivity index (χ0v) is 17.4. The number of hydrogen-bond acceptors (Lipinski definition) is 3. The van der Waals surface area contributed by atoms with E-state index < -0.39 is 16.2 Å². The van der Waals surface area contributed by atoms with Gasteiger partial charge in [-0.05, 0) is 56.7 Å². The average molecular weight is 396 g/mol. The van der Waals surface area contributed by atoms with Crippen molar-refractivity contribution in [1.29, 1.82) is 0 Å². The maximum Gasteiger partial charge on any atom is 0.232 e. The van der Waals surface area contributed by atoms with Crippen molar-refractivity contribution in [3.8, 4) is 0 Å². The van der Waals surface area contributed by atoms with Gasteiger partial charge in [-0.1, -0.05) is 20.8 Å². The highest BCUT2D eigenvalue weighted by Gasteiger charge is 2.27. The Labute approximate surface area is 161 Å². The highest BCUT2D eigenvalue weighted by molar-refractivity contribution is 7.92. The third-order valence-electron chi connectivity index (χ3n) is 5.29. The number of nitrogens with one attached hydrogen (secondary N) is 1. The van der Waals surface area contributed by atoms with Gasteiger partial charge in [-0.3, -0.25) is 4.72 Å². The first-order valence-electron chi connectivity index (χ1n) is 9.74. The molecule has 1 N–H and O–H groups in total. The average Bonchev–Trinajstić information content (AvgIpc) is 2.95. The predicted molar refractivity (Wildman–Crippen MR) is 108 cm³/mol. The lowest BCUT2D eigenvalue weighted by Crippen LogP contribution is -2.24. The van der Waals surface area contributed by atoms with E-state index in [1.54, 1.807) is 19.1 Å². The van der Waals surface area contributed by atoms with Crippen LogP contribution in [0.5, 0.6) is 0 Å². The normalized spacial score (nSPS) is 21.5. The van der Waals surface area contributed by atoms with Gasteiger partial charge in [0, 0.05) is 12.0 Å². The summed E-state index contributed by atoms with van der Waals surface area (Å²) in [5, 5.41) is 0. The molecule has 0 saturated heterocycles. The standard InChI is InChI=1S/C20H30FN3O2S/c1-5-27(25,26)23-16-10-11-18-17(12-16)22-19(20(2,3)4)24(18)13-14-6-8-15(21)9-7-14/h10-12,14-15,23H,5-9,13H2,1-4H3. The van der Waals surface area contributed by atoms with E-state index in [1.165, 1.54) is 0 Å². The van der Waals surface area contributed by atoms with Crippen LogP contribution in [0.25, 0.3) is 11.0 Å². The molecule has 1 saturated carbocycles. The summed E-state index contributed by atoms with van der Waals surface area (Å²) in [6.45, 7) is 8.83. The molecule has 0 unspecified atom stereocenters. The van der Waals surface area contributed by atoms with Crippen LogP contribution in [0, 0.1) is 5.92 Å². The number of nitrogens with zero attached hydrogens (tertiary/aromatic N) is 2. The van der Waals surface area contributed by atoms with Crippen LogP contribution in [0.2, 0.25) is 0 Å². The Morgan fingerprint density at radius 2 is 1.89 bits per heavy atom. The van der Waals surface area contributed by atoms with Crippen molar-refractivity contribution in [3.05, 3.63) is 24.0 Å². The highest BCUT2D eigenvalue weighted by Crippen LogP contribution is 2.33. The minimum absolute atomic E-state index is 0.0317. The van der Waals surface area contributed by atoms with E-state index in [-0.39, 0.29) is 11.2 Å². The lowest BCUT2D eigenvalue weighted by molar-refractivity contribution is 0.194. The van der Waals surface area contributed by atoms with E-state index in [0.29, 0.717) is 24.4 Å². The minimum atomic E-state index is -3.32. The topological polar surface area (TPSA) is 64.0 Å². The van der Waals surface area contributed by atoms with Gasteiger partial charge in [0.15, 0.2) is 0 Å². The summed E-state index contributed by atoms with van der Waals surface area (Å²) in [5.74, 6) is 1.47. The van der Waals surface area contributed by atoms with Crippen molar-refractivity contribution in [3.63, 3.8) is 0 Å². The summed E-state index contributed by atoms with van der Waals surface area (Å²) in [6.07, 6.45) is 2.44. The molecule has 1 aromatic heterocycles. The van der Waals surface area contributed by atoms with Crippen LogP contribution >= 0.6 is 0 Å². The molecule has 5 nitrogen and oxygen atoms in total. The summed E-state index contributed by atoms with van der Waals surface area (Å²) in [6, 6.07) is 5.53. The van der Waals surface area contributed by atoms with E-state index in [1.807, 2.05) is 6.07 Å². The number of anilines is 1. The Balaban J connectivity index is 1.97. The second kappa shape index (κ2) is 7.41. The largest absolute Gasteiger partial charge is 0.327 e. The van der Waals surface area contributed by atoms with Crippen molar-refractivity contribution >= 4 is 26.7 Å². The summed E-state index contributed by atoms with van der Waals surface area (Å²) in [4.78, 5) is 4.83. The van der Waals surface area contributed by atoms with Crippen LogP contribution < -0.4 is 4.72 Å². The van der Waals surface area contributed by atoms with Gasteiger partial charge in [0.25, 0.3) is 0 Å². The first-order valence-corrected chi connectivity index (χ1v) is 11.4. The molecule has 7 heteroatoms. The maximum atomic E-state index is 13.5. The van der Waals surface area contributed by atoms with E-state index in [9.17, 15) is 12.8 Å². The van der Waals surface area contributed by atoms with Crippen molar-refractivity contribution in [2.45, 2.75) is 71.5 Å². The van der Waals surface area contributed by atoms with Crippen LogP contribution in [0.15, 0.2) is 18.2 Å². The van der Waals surface area contributed by atoms with E-state index in [0.717, 1.165) is 36.2 Å². The molecule has 0 bridgehead atoms. The minimum Gasteiger partial charge on any atom is -0.327 e. The molecule has 0 aliphatic heterocycles. The zero-order chi connectivity index (χ0) is 19.8. The Bertz CT molecular complexity index is 907. The van der Waals surface area contributed by atoms with Crippen LogP contribution in [0.1, 0.15) is 59.2 Å². The summed E-state index contributed by atoms with van der Waals surface area (Å²) in [7, 11) is -3.32. The lowest BCUT2D eigenvalue weighted by Gasteiger charge is -2.27. The molecule has 3 rings (SSSR count). The Morgan fingerprint density at radius 3 is 2.48 bits per heavy atom. The zero-order valence-electron chi connectivity index (χ0n) is 16.6. The van der Waals surface area contributed by atoms with E-state index in [4.69, 9.17) is 4.98 Å². The fourth-order valence-corrected chi connectivity index (χ4v) is 4.40. The molecule has 1 aliphatic carbocycles. The first-order chi connectivity index (χ1) is 12.6. The lowest BCUT2D eigenvalue weighted by atomic mass is 9.87. The monoisotopic (exact) mass is 395 g/mol. The molecule has 150 valence electrons. The van der Waals surface area contributed by atoms with Crippen LogP contribution in [0.4, 0.5) is 10.1 Å². The molecule has 2 aromatic rings. The van der Waals surface area contributed by atoms with Crippen molar-refractivity contribution in [2.75, 3.05) is 10.5 Å². The summed E-state index contributed by atoms with van der Waals surface area (Å²) >= 11 is 0. The van der Waals surface area contributed by atoms with E-state index >= 15 is 0 Å².